The van der Waals surface area contributed by atoms with Gasteiger partial charge in [-0.1, -0.05) is 24.3 Å². The molecule has 202 valence electrons. The lowest BCUT2D eigenvalue weighted by Gasteiger charge is -2.51. The van der Waals surface area contributed by atoms with Gasteiger partial charge < -0.3 is 0 Å². The molecule has 0 spiro atoms. The number of hydrogen-bond acceptors (Lipinski definition) is 3. The van der Waals surface area contributed by atoms with E-state index in [1.165, 1.54) is 0 Å². The van der Waals surface area contributed by atoms with Crippen molar-refractivity contribution in [1.29, 1.82) is 0 Å². The second kappa shape index (κ2) is 10.1. The van der Waals surface area contributed by atoms with Crippen LogP contribution >= 0.6 is 0 Å². The molecule has 6 rings (SSSR count). The summed E-state index contributed by atoms with van der Waals surface area (Å²) in [4.78, 5) is 6.03. The molecule has 3 fully saturated rings. The van der Waals surface area contributed by atoms with E-state index in [0.29, 0.717) is 23.6 Å². The van der Waals surface area contributed by atoms with Crippen LogP contribution in [0.3, 0.4) is 0 Å². The first-order chi connectivity index (χ1) is 18.0. The highest BCUT2D eigenvalue weighted by atomic mass is 32.2. The lowest BCUT2D eigenvalue weighted by Crippen LogP contribution is -2.57. The average molecular weight is 554 g/mol. The molecular weight excluding hydrogens is 528 g/mol. The van der Waals surface area contributed by atoms with E-state index in [1.54, 1.807) is 12.3 Å². The Hall–Kier alpha value is -2.76. The van der Waals surface area contributed by atoms with Gasteiger partial charge in [0.05, 0.1) is 27.6 Å². The molecule has 3 aromatic rings. The summed E-state index contributed by atoms with van der Waals surface area (Å²) in [5, 5.41) is 0.771. The Bertz CT molecular complexity index is 1340. The average Bonchev–Trinajstić information content (AvgIpc) is 2.90. The lowest BCUT2D eigenvalue weighted by atomic mass is 9.73. The summed E-state index contributed by atoms with van der Waals surface area (Å²) in [5.74, 6) is 0.622. The highest BCUT2D eigenvalue weighted by molar-refractivity contribution is 7.83. The summed E-state index contributed by atoms with van der Waals surface area (Å²) in [7, 11) is -2.38. The maximum atomic E-state index is 13.5. The number of fused-ring (bicyclic) bond motifs is 4. The number of nitrogens with zero attached hydrogens (tertiary/aromatic N) is 2. The third-order valence-electron chi connectivity index (χ3n) is 7.57. The van der Waals surface area contributed by atoms with E-state index in [2.05, 4.69) is 21.2 Å². The van der Waals surface area contributed by atoms with E-state index < -0.39 is 45.4 Å². The summed E-state index contributed by atoms with van der Waals surface area (Å²) in [6, 6.07) is 9.33. The summed E-state index contributed by atoms with van der Waals surface area (Å²) < 4.78 is 97.2. The van der Waals surface area contributed by atoms with Gasteiger partial charge in [-0.3, -0.25) is 9.88 Å². The molecule has 2 bridgehead atoms. The van der Waals surface area contributed by atoms with Crippen molar-refractivity contribution in [2.24, 2.45) is 11.8 Å². The van der Waals surface area contributed by atoms with Gasteiger partial charge >= 0.3 is 12.4 Å². The van der Waals surface area contributed by atoms with Crippen LogP contribution < -0.4 is 4.72 Å². The van der Waals surface area contributed by atoms with Gasteiger partial charge in [-0.25, -0.2) is 8.93 Å². The molecule has 4 nitrogen and oxygen atoms in total. The molecule has 3 aliphatic rings. The second-order valence-electron chi connectivity index (χ2n) is 9.77. The number of para-hydroxylation sites is 1. The third-order valence-corrected chi connectivity index (χ3v) is 8.70. The van der Waals surface area contributed by atoms with Gasteiger partial charge in [0.1, 0.15) is 11.0 Å². The standard InChI is InChI=1S/C27H25F6N3OS/c1-2-16-15-36-10-8-17(16)11-24(36)25(22-7-9-34-23-6-4-3-5-21(22)23)35-38(37)20-13-18(26(28,29)30)12-19(14-20)27(31,32)33/h2-7,9,12-14,16-17,24-25,35H,1,8,10-11,15H2/t16?,17?,24?,25-,38?/m0/s1. The summed E-state index contributed by atoms with van der Waals surface area (Å²) in [6.45, 7) is 5.45. The van der Waals surface area contributed by atoms with Gasteiger partial charge in [-0.2, -0.15) is 26.3 Å². The van der Waals surface area contributed by atoms with Crippen molar-refractivity contribution >= 4 is 21.9 Å². The topological polar surface area (TPSA) is 45.2 Å². The summed E-state index contributed by atoms with van der Waals surface area (Å²) >= 11 is 0. The molecule has 0 aliphatic carbocycles. The fourth-order valence-electron chi connectivity index (χ4n) is 5.68. The Balaban J connectivity index is 1.57. The minimum atomic E-state index is -5.03. The Labute approximate surface area is 218 Å². The zero-order valence-corrected chi connectivity index (χ0v) is 20.9. The minimum absolute atomic E-state index is 0.0375. The van der Waals surface area contributed by atoms with Crippen LogP contribution in [0.15, 0.2) is 72.3 Å². The monoisotopic (exact) mass is 553 g/mol. The third kappa shape index (κ3) is 5.23. The molecule has 6 atom stereocenters. The molecule has 1 N–H and O–H groups in total. The maximum absolute atomic E-state index is 13.5. The molecule has 0 amide bonds. The highest BCUT2D eigenvalue weighted by Crippen LogP contribution is 2.43. The summed E-state index contributed by atoms with van der Waals surface area (Å²) in [5.41, 5.74) is -1.59. The Kier molecular flexibility index (Phi) is 7.12. The highest BCUT2D eigenvalue weighted by Gasteiger charge is 2.44. The molecular formula is C27H25F6N3OS. The molecule has 1 aromatic heterocycles. The number of alkyl halides is 6. The predicted octanol–water partition coefficient (Wildman–Crippen LogP) is 6.52. The molecule has 2 aromatic carbocycles. The number of aromatic nitrogens is 1. The van der Waals surface area contributed by atoms with E-state index in [0.717, 1.165) is 36.9 Å². The van der Waals surface area contributed by atoms with Crippen LogP contribution in [0.5, 0.6) is 0 Å². The van der Waals surface area contributed by atoms with Gasteiger partial charge in [-0.05, 0) is 67.1 Å². The number of halogens is 6. The molecule has 5 unspecified atom stereocenters. The van der Waals surface area contributed by atoms with Crippen molar-refractivity contribution in [3.05, 3.63) is 84.1 Å². The Morgan fingerprint density at radius 3 is 2.34 bits per heavy atom. The number of pyridine rings is 1. The van der Waals surface area contributed by atoms with Crippen LogP contribution in [-0.4, -0.2) is 33.2 Å². The molecule has 0 saturated carbocycles. The predicted molar refractivity (Wildman–Crippen MR) is 132 cm³/mol. The van der Waals surface area contributed by atoms with E-state index in [4.69, 9.17) is 0 Å². The van der Waals surface area contributed by atoms with Gasteiger partial charge in [-0.15, -0.1) is 6.58 Å². The van der Waals surface area contributed by atoms with E-state index in [-0.39, 0.29) is 18.0 Å². The first-order valence-electron chi connectivity index (χ1n) is 12.1. The van der Waals surface area contributed by atoms with Gasteiger partial charge in [0.2, 0.25) is 0 Å². The molecule has 11 heteroatoms. The SMILES string of the molecule is C=CC1CN2CCC1CC2[C@@H](NS(=O)c1cc(C(F)(F)F)cc(C(F)(F)F)c1)c1ccnc2ccccc12. The van der Waals surface area contributed by atoms with Crippen molar-refractivity contribution in [3.8, 4) is 0 Å². The molecule has 4 heterocycles. The molecule has 38 heavy (non-hydrogen) atoms. The first kappa shape index (κ1) is 26.8. The smallest absolute Gasteiger partial charge is 0.298 e. The van der Waals surface area contributed by atoms with Crippen molar-refractivity contribution in [2.45, 2.75) is 42.2 Å². The fourth-order valence-corrected chi connectivity index (χ4v) is 6.80. The molecule has 0 radical (unpaired) electrons. The van der Waals surface area contributed by atoms with E-state index in [9.17, 15) is 30.6 Å². The van der Waals surface area contributed by atoms with Gasteiger partial charge in [0.15, 0.2) is 0 Å². The van der Waals surface area contributed by atoms with Crippen LogP contribution in [0, 0.1) is 11.8 Å². The maximum Gasteiger partial charge on any atom is 0.416 e. The van der Waals surface area contributed by atoms with Crippen LogP contribution in [0.4, 0.5) is 26.3 Å². The number of benzene rings is 2. The number of hydrogen-bond donors (Lipinski definition) is 1. The van der Waals surface area contributed by atoms with E-state index in [1.807, 2.05) is 30.3 Å². The van der Waals surface area contributed by atoms with Crippen LogP contribution in [-0.2, 0) is 23.3 Å². The largest absolute Gasteiger partial charge is 0.416 e. The van der Waals surface area contributed by atoms with Crippen LogP contribution in [0.2, 0.25) is 0 Å². The van der Waals surface area contributed by atoms with Crippen molar-refractivity contribution in [3.63, 3.8) is 0 Å². The molecule has 3 saturated heterocycles. The lowest BCUT2D eigenvalue weighted by molar-refractivity contribution is -0.143. The number of rotatable bonds is 6. The van der Waals surface area contributed by atoms with Crippen molar-refractivity contribution in [1.82, 2.24) is 14.6 Å². The van der Waals surface area contributed by atoms with Crippen molar-refractivity contribution < 1.29 is 30.6 Å². The second-order valence-corrected chi connectivity index (χ2v) is 11.0. The Morgan fingerprint density at radius 2 is 1.74 bits per heavy atom. The van der Waals surface area contributed by atoms with E-state index >= 15 is 0 Å². The first-order valence-corrected chi connectivity index (χ1v) is 13.3. The van der Waals surface area contributed by atoms with Crippen molar-refractivity contribution in [2.75, 3.05) is 13.1 Å². The zero-order valence-electron chi connectivity index (χ0n) is 20.1. The van der Waals surface area contributed by atoms with Gasteiger partial charge in [0, 0.05) is 24.2 Å². The van der Waals surface area contributed by atoms with Crippen LogP contribution in [0.1, 0.15) is 35.6 Å². The minimum Gasteiger partial charge on any atom is -0.298 e. The zero-order chi connectivity index (χ0) is 27.2. The van der Waals surface area contributed by atoms with Gasteiger partial charge in [0.25, 0.3) is 0 Å². The summed E-state index contributed by atoms with van der Waals surface area (Å²) in [6.07, 6.45) is -4.86. The Morgan fingerprint density at radius 1 is 1.05 bits per heavy atom. The fraction of sp³-hybridized carbons (Fsp3) is 0.370. The van der Waals surface area contributed by atoms with Crippen LogP contribution in [0.25, 0.3) is 10.9 Å². The quantitative estimate of drug-likeness (QED) is 0.279. The number of nitrogens with one attached hydrogen (secondary N) is 1. The molecule has 3 aliphatic heterocycles. The number of piperidine rings is 3. The normalized spacial score (nSPS) is 25.3.